The van der Waals surface area contributed by atoms with Crippen LogP contribution in [0.2, 0.25) is 0 Å². The summed E-state index contributed by atoms with van der Waals surface area (Å²) in [6, 6.07) is 12.7. The average molecular weight is 291 g/mol. The number of rotatable bonds is 3. The Morgan fingerprint density at radius 1 is 1.05 bits per heavy atom. The van der Waals surface area contributed by atoms with Crippen LogP contribution in [0.15, 0.2) is 59.5 Å². The minimum Gasteiger partial charge on any atom is -0.461 e. The van der Waals surface area contributed by atoms with Gasteiger partial charge in [-0.2, -0.15) is 4.68 Å². The molecule has 0 bridgehead atoms. The third kappa shape index (κ3) is 1.87. The van der Waals surface area contributed by atoms with Crippen molar-refractivity contribution in [3.63, 3.8) is 0 Å². The van der Waals surface area contributed by atoms with Crippen LogP contribution in [-0.4, -0.2) is 30.7 Å². The first-order valence-electron chi connectivity index (χ1n) is 6.54. The van der Waals surface area contributed by atoms with E-state index in [1.54, 1.807) is 16.8 Å². The molecule has 0 aliphatic heterocycles. The standard InChI is InChI=1S/C15H9N5O2/c21-14(11-7-4-8-22-11)12-13-15(17-9-16-12)20(19-18-13)10-5-2-1-3-6-10/h1-9H. The molecular weight excluding hydrogens is 282 g/mol. The van der Waals surface area contributed by atoms with Gasteiger partial charge in [-0.25, -0.2) is 9.97 Å². The van der Waals surface area contributed by atoms with Crippen LogP contribution in [-0.2, 0) is 0 Å². The van der Waals surface area contributed by atoms with Crippen molar-refractivity contribution in [3.05, 3.63) is 66.5 Å². The van der Waals surface area contributed by atoms with Crippen LogP contribution < -0.4 is 0 Å². The van der Waals surface area contributed by atoms with Gasteiger partial charge in [-0.3, -0.25) is 4.79 Å². The number of carbonyl (C=O) groups is 1. The van der Waals surface area contributed by atoms with Crippen molar-refractivity contribution in [2.24, 2.45) is 0 Å². The summed E-state index contributed by atoms with van der Waals surface area (Å²) in [5, 5.41) is 8.12. The number of benzene rings is 1. The molecule has 3 heterocycles. The first-order chi connectivity index (χ1) is 10.8. The third-order valence-electron chi connectivity index (χ3n) is 3.20. The Bertz CT molecular complexity index is 945. The van der Waals surface area contributed by atoms with Gasteiger partial charge in [0, 0.05) is 0 Å². The van der Waals surface area contributed by atoms with E-state index in [2.05, 4.69) is 20.3 Å². The molecule has 0 unspecified atom stereocenters. The first kappa shape index (κ1) is 12.4. The fraction of sp³-hybridized carbons (Fsp3) is 0. The number of hydrogen-bond acceptors (Lipinski definition) is 6. The second kappa shape index (κ2) is 4.88. The second-order valence-electron chi connectivity index (χ2n) is 4.54. The number of aromatic nitrogens is 5. The van der Waals surface area contributed by atoms with Crippen molar-refractivity contribution in [2.75, 3.05) is 0 Å². The van der Waals surface area contributed by atoms with Crippen LogP contribution in [0.1, 0.15) is 16.2 Å². The second-order valence-corrected chi connectivity index (χ2v) is 4.54. The topological polar surface area (TPSA) is 86.7 Å². The molecule has 7 nitrogen and oxygen atoms in total. The summed E-state index contributed by atoms with van der Waals surface area (Å²) in [7, 11) is 0. The first-order valence-corrected chi connectivity index (χ1v) is 6.54. The van der Waals surface area contributed by atoms with Crippen molar-refractivity contribution in [2.45, 2.75) is 0 Å². The molecule has 0 aliphatic rings. The van der Waals surface area contributed by atoms with Crippen molar-refractivity contribution in [1.82, 2.24) is 25.0 Å². The van der Waals surface area contributed by atoms with Gasteiger partial charge in [0.1, 0.15) is 12.0 Å². The fourth-order valence-electron chi connectivity index (χ4n) is 2.18. The van der Waals surface area contributed by atoms with Crippen LogP contribution in [0, 0.1) is 0 Å². The van der Waals surface area contributed by atoms with E-state index in [1.807, 2.05) is 30.3 Å². The van der Waals surface area contributed by atoms with Gasteiger partial charge in [-0.1, -0.05) is 23.4 Å². The normalized spacial score (nSPS) is 10.9. The zero-order chi connectivity index (χ0) is 14.9. The van der Waals surface area contributed by atoms with E-state index in [1.165, 1.54) is 12.6 Å². The quantitative estimate of drug-likeness (QED) is 0.537. The summed E-state index contributed by atoms with van der Waals surface area (Å²) in [6.07, 6.45) is 2.76. The summed E-state index contributed by atoms with van der Waals surface area (Å²) >= 11 is 0. The van der Waals surface area contributed by atoms with Gasteiger partial charge in [0.25, 0.3) is 0 Å². The number of ketones is 1. The molecule has 22 heavy (non-hydrogen) atoms. The summed E-state index contributed by atoms with van der Waals surface area (Å²) in [5.74, 6) is -0.147. The molecule has 0 radical (unpaired) electrons. The van der Waals surface area contributed by atoms with Gasteiger partial charge < -0.3 is 4.42 Å². The van der Waals surface area contributed by atoms with Crippen LogP contribution in [0.4, 0.5) is 0 Å². The van der Waals surface area contributed by atoms with Crippen LogP contribution in [0.5, 0.6) is 0 Å². The number of carbonyl (C=O) groups excluding carboxylic acids is 1. The molecule has 7 heteroatoms. The minimum atomic E-state index is -0.350. The van der Waals surface area contributed by atoms with Gasteiger partial charge in [0.05, 0.1) is 12.0 Å². The van der Waals surface area contributed by atoms with E-state index in [0.717, 1.165) is 5.69 Å². The highest BCUT2D eigenvalue weighted by atomic mass is 16.3. The number of fused-ring (bicyclic) bond motifs is 1. The van der Waals surface area contributed by atoms with Gasteiger partial charge >= 0.3 is 0 Å². The lowest BCUT2D eigenvalue weighted by atomic mass is 10.2. The van der Waals surface area contributed by atoms with E-state index in [0.29, 0.717) is 11.2 Å². The lowest BCUT2D eigenvalue weighted by molar-refractivity contribution is 0.101. The van der Waals surface area contributed by atoms with Gasteiger partial charge in [-0.15, -0.1) is 5.10 Å². The monoisotopic (exact) mass is 291 g/mol. The van der Waals surface area contributed by atoms with Crippen molar-refractivity contribution in [3.8, 4) is 5.69 Å². The SMILES string of the molecule is O=C(c1ccco1)c1ncnc2c1nnn2-c1ccccc1. The number of furan rings is 1. The van der Waals surface area contributed by atoms with Crippen molar-refractivity contribution < 1.29 is 9.21 Å². The van der Waals surface area contributed by atoms with Crippen molar-refractivity contribution in [1.29, 1.82) is 0 Å². The molecule has 3 aromatic heterocycles. The largest absolute Gasteiger partial charge is 0.461 e. The zero-order valence-electron chi connectivity index (χ0n) is 11.2. The molecule has 0 amide bonds. The van der Waals surface area contributed by atoms with E-state index < -0.39 is 0 Å². The molecule has 0 N–H and O–H groups in total. The number of nitrogens with zero attached hydrogens (tertiary/aromatic N) is 5. The molecule has 106 valence electrons. The average Bonchev–Trinajstić information content (AvgIpc) is 3.24. The van der Waals surface area contributed by atoms with E-state index >= 15 is 0 Å². The Morgan fingerprint density at radius 3 is 2.68 bits per heavy atom. The maximum atomic E-state index is 12.4. The summed E-state index contributed by atoms with van der Waals surface area (Å²) in [6.45, 7) is 0. The van der Waals surface area contributed by atoms with Crippen LogP contribution >= 0.6 is 0 Å². The van der Waals surface area contributed by atoms with Gasteiger partial charge in [-0.05, 0) is 24.3 Å². The molecule has 0 saturated carbocycles. The highest BCUT2D eigenvalue weighted by molar-refractivity contribution is 6.11. The van der Waals surface area contributed by atoms with Crippen LogP contribution in [0.3, 0.4) is 0 Å². The molecule has 1 aromatic carbocycles. The maximum Gasteiger partial charge on any atom is 0.248 e. The Labute approximate surface area is 124 Å². The summed E-state index contributed by atoms with van der Waals surface area (Å²) < 4.78 is 6.69. The molecule has 0 fully saturated rings. The number of hydrogen-bond donors (Lipinski definition) is 0. The highest BCUT2D eigenvalue weighted by Gasteiger charge is 2.21. The number of para-hydroxylation sites is 1. The minimum absolute atomic E-state index is 0.169. The van der Waals surface area contributed by atoms with E-state index in [9.17, 15) is 4.79 Å². The van der Waals surface area contributed by atoms with Crippen molar-refractivity contribution >= 4 is 16.9 Å². The Balaban J connectivity index is 1.89. The van der Waals surface area contributed by atoms with Crippen LogP contribution in [0.25, 0.3) is 16.9 Å². The molecule has 0 spiro atoms. The third-order valence-corrected chi connectivity index (χ3v) is 3.20. The Kier molecular flexibility index (Phi) is 2.75. The molecule has 4 aromatic rings. The summed E-state index contributed by atoms with van der Waals surface area (Å²) in [4.78, 5) is 20.6. The van der Waals surface area contributed by atoms with E-state index in [-0.39, 0.29) is 17.2 Å². The zero-order valence-corrected chi connectivity index (χ0v) is 11.2. The predicted molar refractivity (Wildman–Crippen MR) is 76.6 cm³/mol. The molecule has 4 rings (SSSR count). The Hall–Kier alpha value is -3.35. The van der Waals surface area contributed by atoms with E-state index in [4.69, 9.17) is 4.42 Å². The lowest BCUT2D eigenvalue weighted by Crippen LogP contribution is -2.05. The lowest BCUT2D eigenvalue weighted by Gasteiger charge is -2.01. The summed E-state index contributed by atoms with van der Waals surface area (Å²) in [5.41, 5.74) is 1.78. The van der Waals surface area contributed by atoms with Gasteiger partial charge in [0.2, 0.25) is 5.78 Å². The molecule has 0 atom stereocenters. The highest BCUT2D eigenvalue weighted by Crippen LogP contribution is 2.18. The maximum absolute atomic E-state index is 12.4. The molecule has 0 saturated heterocycles. The Morgan fingerprint density at radius 2 is 1.91 bits per heavy atom. The fourth-order valence-corrected chi connectivity index (χ4v) is 2.18. The molecule has 0 aliphatic carbocycles. The van der Waals surface area contributed by atoms with Gasteiger partial charge in [0.15, 0.2) is 16.9 Å². The molecular formula is C15H9N5O2. The predicted octanol–water partition coefficient (Wildman–Crippen LogP) is 2.03. The smallest absolute Gasteiger partial charge is 0.248 e.